The third-order valence-corrected chi connectivity index (χ3v) is 5.56. The average Bonchev–Trinajstić information content (AvgIpc) is 2.70. The van der Waals surface area contributed by atoms with Gasteiger partial charge in [-0.3, -0.25) is 9.80 Å². The third kappa shape index (κ3) is 3.84. The molecule has 0 radical (unpaired) electrons. The van der Waals surface area contributed by atoms with E-state index in [1.807, 2.05) is 0 Å². The lowest BCUT2D eigenvalue weighted by Gasteiger charge is -2.49. The van der Waals surface area contributed by atoms with Crippen LogP contribution < -0.4 is 0 Å². The number of benzene rings is 2. The van der Waals surface area contributed by atoms with E-state index in [1.54, 1.807) is 0 Å². The number of nitrogens with zero attached hydrogens (tertiary/aromatic N) is 2. The van der Waals surface area contributed by atoms with E-state index >= 15 is 0 Å². The molecule has 2 aromatic carbocycles. The second kappa shape index (κ2) is 8.31. The lowest BCUT2D eigenvalue weighted by molar-refractivity contribution is -0.148. The fourth-order valence-electron chi connectivity index (χ4n) is 4.17. The summed E-state index contributed by atoms with van der Waals surface area (Å²) in [5.74, 6) is 0. The van der Waals surface area contributed by atoms with Gasteiger partial charge < -0.3 is 9.47 Å². The smallest absolute Gasteiger partial charge is 0.0978 e. The highest BCUT2D eigenvalue weighted by Gasteiger charge is 2.37. The molecule has 3 unspecified atom stereocenters. The summed E-state index contributed by atoms with van der Waals surface area (Å²) < 4.78 is 12.0. The Morgan fingerprint density at radius 1 is 0.923 bits per heavy atom. The molecular formula is C22H28N2O2. The summed E-state index contributed by atoms with van der Waals surface area (Å²) in [6, 6.07) is 21.6. The van der Waals surface area contributed by atoms with Crippen molar-refractivity contribution in [2.24, 2.45) is 0 Å². The first-order valence-corrected chi connectivity index (χ1v) is 9.61. The average molecular weight is 352 g/mol. The Balaban J connectivity index is 1.51. The molecule has 3 atom stereocenters. The summed E-state index contributed by atoms with van der Waals surface area (Å²) in [5, 5.41) is 0. The van der Waals surface area contributed by atoms with Crippen LogP contribution in [-0.2, 0) is 16.0 Å². The van der Waals surface area contributed by atoms with Crippen molar-refractivity contribution in [2.45, 2.75) is 31.8 Å². The van der Waals surface area contributed by atoms with Crippen molar-refractivity contribution in [1.29, 1.82) is 0 Å². The molecule has 0 aliphatic carbocycles. The predicted molar refractivity (Wildman–Crippen MR) is 103 cm³/mol. The molecule has 4 rings (SSSR count). The van der Waals surface area contributed by atoms with Gasteiger partial charge in [0.15, 0.2) is 0 Å². The molecule has 2 fully saturated rings. The zero-order chi connectivity index (χ0) is 17.8. The van der Waals surface area contributed by atoms with Gasteiger partial charge in [-0.05, 0) is 18.1 Å². The largest absolute Gasteiger partial charge is 0.377 e. The van der Waals surface area contributed by atoms with Crippen molar-refractivity contribution >= 4 is 0 Å². The molecule has 0 aromatic heterocycles. The Morgan fingerprint density at radius 3 is 2.42 bits per heavy atom. The number of hydrogen-bond donors (Lipinski definition) is 0. The van der Waals surface area contributed by atoms with Crippen molar-refractivity contribution < 1.29 is 9.47 Å². The zero-order valence-corrected chi connectivity index (χ0v) is 15.5. The number of ether oxygens (including phenoxy) is 2. The maximum Gasteiger partial charge on any atom is 0.0978 e. The molecule has 0 N–H and O–H groups in total. The van der Waals surface area contributed by atoms with Gasteiger partial charge in [0, 0.05) is 25.7 Å². The highest BCUT2D eigenvalue weighted by molar-refractivity contribution is 5.20. The Kier molecular flexibility index (Phi) is 5.65. The summed E-state index contributed by atoms with van der Waals surface area (Å²) in [4.78, 5) is 5.13. The van der Waals surface area contributed by atoms with Gasteiger partial charge in [-0.1, -0.05) is 60.7 Å². The number of hydrogen-bond acceptors (Lipinski definition) is 4. The Bertz CT molecular complexity index is 673. The summed E-state index contributed by atoms with van der Waals surface area (Å²) in [6.07, 6.45) is 0.416. The summed E-state index contributed by atoms with van der Waals surface area (Å²) in [6.45, 7) is 7.51. The lowest BCUT2D eigenvalue weighted by Crippen LogP contribution is -2.60. The fraction of sp³-hybridized carbons (Fsp3) is 0.455. The van der Waals surface area contributed by atoms with E-state index in [2.05, 4.69) is 77.4 Å². The topological polar surface area (TPSA) is 24.9 Å². The zero-order valence-electron chi connectivity index (χ0n) is 15.5. The Morgan fingerprint density at radius 2 is 1.65 bits per heavy atom. The maximum absolute atomic E-state index is 6.15. The quantitative estimate of drug-likeness (QED) is 0.843. The first kappa shape index (κ1) is 17.7. The van der Waals surface area contributed by atoms with Crippen LogP contribution in [0.4, 0.5) is 0 Å². The molecule has 2 aromatic rings. The second-order valence-corrected chi connectivity index (χ2v) is 7.19. The monoisotopic (exact) mass is 352 g/mol. The summed E-state index contributed by atoms with van der Waals surface area (Å²) >= 11 is 0. The molecule has 2 aliphatic rings. The van der Waals surface area contributed by atoms with Crippen LogP contribution >= 0.6 is 0 Å². The van der Waals surface area contributed by atoms with Crippen LogP contribution in [0.3, 0.4) is 0 Å². The van der Waals surface area contributed by atoms with Crippen LogP contribution in [-0.4, -0.2) is 54.9 Å². The normalized spacial score (nSPS) is 28.1. The van der Waals surface area contributed by atoms with Crippen LogP contribution in [0.15, 0.2) is 60.7 Å². The van der Waals surface area contributed by atoms with E-state index in [9.17, 15) is 0 Å². The van der Waals surface area contributed by atoms with Crippen LogP contribution in [0.2, 0.25) is 0 Å². The molecule has 4 nitrogen and oxygen atoms in total. The molecule has 26 heavy (non-hydrogen) atoms. The van der Waals surface area contributed by atoms with E-state index in [1.165, 1.54) is 11.1 Å². The van der Waals surface area contributed by atoms with Gasteiger partial charge in [0.05, 0.1) is 32.1 Å². The van der Waals surface area contributed by atoms with E-state index in [4.69, 9.17) is 9.47 Å². The second-order valence-electron chi connectivity index (χ2n) is 7.19. The number of morpholine rings is 2. The van der Waals surface area contributed by atoms with Crippen LogP contribution in [0.5, 0.6) is 0 Å². The lowest BCUT2D eigenvalue weighted by atomic mass is 9.99. The molecule has 0 saturated carbocycles. The van der Waals surface area contributed by atoms with E-state index in [0.717, 1.165) is 39.5 Å². The van der Waals surface area contributed by atoms with E-state index in [-0.39, 0.29) is 6.10 Å². The molecule has 0 amide bonds. The van der Waals surface area contributed by atoms with Gasteiger partial charge in [-0.15, -0.1) is 0 Å². The van der Waals surface area contributed by atoms with Gasteiger partial charge in [0.2, 0.25) is 0 Å². The minimum Gasteiger partial charge on any atom is -0.377 e. The van der Waals surface area contributed by atoms with E-state index < -0.39 is 0 Å². The van der Waals surface area contributed by atoms with E-state index in [0.29, 0.717) is 12.2 Å². The van der Waals surface area contributed by atoms with Crippen molar-refractivity contribution in [3.8, 4) is 0 Å². The van der Waals surface area contributed by atoms with Crippen molar-refractivity contribution in [3.63, 3.8) is 0 Å². The maximum atomic E-state index is 6.15. The minimum absolute atomic E-state index is 0.116. The first-order valence-electron chi connectivity index (χ1n) is 9.61. The van der Waals surface area contributed by atoms with Gasteiger partial charge in [-0.25, -0.2) is 0 Å². The fourth-order valence-corrected chi connectivity index (χ4v) is 4.17. The third-order valence-electron chi connectivity index (χ3n) is 5.56. The van der Waals surface area contributed by atoms with Gasteiger partial charge >= 0.3 is 0 Å². The molecule has 4 heteroatoms. The van der Waals surface area contributed by atoms with Crippen LogP contribution in [0.25, 0.3) is 0 Å². The number of rotatable bonds is 4. The molecule has 0 spiro atoms. The minimum atomic E-state index is 0.116. The van der Waals surface area contributed by atoms with Crippen LogP contribution in [0.1, 0.15) is 24.2 Å². The standard InChI is InChI=1S/C22H28N2O2/c1-18-22(20-10-6-3-7-11-20)26-15-13-24(18)21-17-25-14-12-23(21)16-19-8-4-2-5-9-19/h2-11,18,21-22H,12-17H2,1H3. The van der Waals surface area contributed by atoms with Gasteiger partial charge in [-0.2, -0.15) is 0 Å². The summed E-state index contributed by atoms with van der Waals surface area (Å²) in [5.41, 5.74) is 2.62. The summed E-state index contributed by atoms with van der Waals surface area (Å²) in [7, 11) is 0. The molecular weight excluding hydrogens is 324 g/mol. The van der Waals surface area contributed by atoms with Crippen molar-refractivity contribution in [1.82, 2.24) is 9.80 Å². The molecule has 2 heterocycles. The van der Waals surface area contributed by atoms with Crippen molar-refractivity contribution in [3.05, 3.63) is 71.8 Å². The van der Waals surface area contributed by atoms with Crippen molar-refractivity contribution in [2.75, 3.05) is 32.9 Å². The van der Waals surface area contributed by atoms with Crippen LogP contribution in [0, 0.1) is 0 Å². The van der Waals surface area contributed by atoms with Gasteiger partial charge in [0.25, 0.3) is 0 Å². The Hall–Kier alpha value is -1.72. The first-order chi connectivity index (χ1) is 12.8. The SMILES string of the molecule is CC1C(c2ccccc2)OCCN1C1COCCN1Cc1ccccc1. The predicted octanol–water partition coefficient (Wildman–Crippen LogP) is 3.31. The molecule has 2 aliphatic heterocycles. The molecule has 138 valence electrons. The molecule has 0 bridgehead atoms. The molecule has 2 saturated heterocycles. The van der Waals surface area contributed by atoms with Gasteiger partial charge in [0.1, 0.15) is 0 Å². The highest BCUT2D eigenvalue weighted by atomic mass is 16.5. The highest BCUT2D eigenvalue weighted by Crippen LogP contribution is 2.31. The Labute approximate surface area is 156 Å².